The lowest BCUT2D eigenvalue weighted by Gasteiger charge is -2.35. The summed E-state index contributed by atoms with van der Waals surface area (Å²) in [5.41, 5.74) is 4.24. The molecule has 0 unspecified atom stereocenters. The number of hydrogen-bond donors (Lipinski definition) is 0. The van der Waals surface area contributed by atoms with Crippen LogP contribution in [0.15, 0.2) is 72.8 Å². The Bertz CT molecular complexity index is 1060. The van der Waals surface area contributed by atoms with Crippen LogP contribution in [0.25, 0.3) is 11.1 Å². The molecule has 1 heterocycles. The minimum absolute atomic E-state index is 0.377. The summed E-state index contributed by atoms with van der Waals surface area (Å²) in [5.74, 6) is 0.194. The van der Waals surface area contributed by atoms with Gasteiger partial charge in [-0.15, -0.1) is 0 Å². The maximum atomic E-state index is 11.9. The Balaban J connectivity index is 1.28. The zero-order valence-electron chi connectivity index (χ0n) is 18.9. The van der Waals surface area contributed by atoms with E-state index >= 15 is 0 Å². The first-order chi connectivity index (χ1) is 16.1. The number of rotatable bonds is 8. The molecule has 0 aromatic heterocycles. The van der Waals surface area contributed by atoms with Crippen molar-refractivity contribution < 1.29 is 14.3 Å². The van der Waals surface area contributed by atoms with E-state index in [2.05, 4.69) is 46.2 Å². The first-order valence-electron chi connectivity index (χ1n) is 11.2. The Morgan fingerprint density at radius 2 is 1.55 bits per heavy atom. The summed E-state index contributed by atoms with van der Waals surface area (Å²) in [6.45, 7) is 6.28. The molecule has 0 amide bonds. The van der Waals surface area contributed by atoms with E-state index in [-0.39, 0.29) is 5.97 Å². The number of halogens is 1. The van der Waals surface area contributed by atoms with Gasteiger partial charge in [-0.3, -0.25) is 9.80 Å². The predicted molar refractivity (Wildman–Crippen MR) is 132 cm³/mol. The van der Waals surface area contributed by atoms with Gasteiger partial charge >= 0.3 is 5.97 Å². The second-order valence-electron chi connectivity index (χ2n) is 8.12. The van der Waals surface area contributed by atoms with Crippen molar-refractivity contribution in [2.24, 2.45) is 0 Å². The quantitative estimate of drug-likeness (QED) is 0.439. The molecule has 172 valence electrons. The standard InChI is InChI=1S/C27H29ClN2O3/c1-32-27(31)25-8-4-5-9-26(25)33-19-18-29-14-16-30(17-15-29)20-22-6-2-3-7-24(22)21-10-12-23(28)13-11-21/h2-13H,14-20H2,1H3. The minimum Gasteiger partial charge on any atom is -0.491 e. The molecule has 0 saturated carbocycles. The number of piperazine rings is 1. The molecule has 0 atom stereocenters. The van der Waals surface area contributed by atoms with Crippen LogP contribution in [0.2, 0.25) is 5.02 Å². The molecule has 1 aliphatic rings. The van der Waals surface area contributed by atoms with E-state index in [0.29, 0.717) is 17.9 Å². The number of hydrogen-bond acceptors (Lipinski definition) is 5. The molecular formula is C27H29ClN2O3. The van der Waals surface area contributed by atoms with Crippen LogP contribution in [0, 0.1) is 0 Å². The number of methoxy groups -OCH3 is 1. The first-order valence-corrected chi connectivity index (χ1v) is 11.6. The van der Waals surface area contributed by atoms with Crippen molar-refractivity contribution >= 4 is 17.6 Å². The lowest BCUT2D eigenvalue weighted by atomic mass is 9.99. The SMILES string of the molecule is COC(=O)c1ccccc1OCCN1CCN(Cc2ccccc2-c2ccc(Cl)cc2)CC1. The van der Waals surface area contributed by atoms with Crippen molar-refractivity contribution in [1.29, 1.82) is 0 Å². The van der Waals surface area contributed by atoms with Crippen molar-refractivity contribution in [3.05, 3.63) is 88.9 Å². The minimum atomic E-state index is -0.377. The zero-order valence-corrected chi connectivity index (χ0v) is 19.6. The van der Waals surface area contributed by atoms with Gasteiger partial charge < -0.3 is 9.47 Å². The van der Waals surface area contributed by atoms with Gasteiger partial charge in [-0.25, -0.2) is 4.79 Å². The fourth-order valence-electron chi connectivity index (χ4n) is 4.14. The van der Waals surface area contributed by atoms with Crippen molar-refractivity contribution in [2.75, 3.05) is 46.4 Å². The van der Waals surface area contributed by atoms with Crippen LogP contribution in [0.5, 0.6) is 5.75 Å². The zero-order chi connectivity index (χ0) is 23.0. The van der Waals surface area contributed by atoms with Crippen molar-refractivity contribution in [2.45, 2.75) is 6.54 Å². The number of carbonyl (C=O) groups is 1. The number of esters is 1. The summed E-state index contributed by atoms with van der Waals surface area (Å²) in [4.78, 5) is 16.8. The van der Waals surface area contributed by atoms with Crippen molar-refractivity contribution in [3.8, 4) is 16.9 Å². The topological polar surface area (TPSA) is 42.0 Å². The van der Waals surface area contributed by atoms with Gasteiger partial charge in [0, 0.05) is 44.3 Å². The first kappa shape index (κ1) is 23.3. The van der Waals surface area contributed by atoms with E-state index in [4.69, 9.17) is 21.1 Å². The molecule has 0 bridgehead atoms. The fraction of sp³-hybridized carbons (Fsp3) is 0.296. The highest BCUT2D eigenvalue weighted by molar-refractivity contribution is 6.30. The van der Waals surface area contributed by atoms with Crippen LogP contribution in [0.3, 0.4) is 0 Å². The Labute approximate surface area is 200 Å². The fourth-order valence-corrected chi connectivity index (χ4v) is 4.26. The predicted octanol–water partition coefficient (Wildman–Crippen LogP) is 4.99. The monoisotopic (exact) mass is 464 g/mol. The van der Waals surface area contributed by atoms with Crippen LogP contribution in [-0.4, -0.2) is 62.2 Å². The third kappa shape index (κ3) is 6.14. The molecule has 5 nitrogen and oxygen atoms in total. The van der Waals surface area contributed by atoms with Gasteiger partial charge in [-0.2, -0.15) is 0 Å². The van der Waals surface area contributed by atoms with E-state index in [1.807, 2.05) is 30.3 Å². The second kappa shape index (κ2) is 11.3. The summed E-state index contributed by atoms with van der Waals surface area (Å²) in [6.07, 6.45) is 0. The lowest BCUT2D eigenvalue weighted by Crippen LogP contribution is -2.47. The normalized spacial score (nSPS) is 14.7. The summed E-state index contributed by atoms with van der Waals surface area (Å²) >= 11 is 6.07. The Morgan fingerprint density at radius 3 is 2.30 bits per heavy atom. The van der Waals surface area contributed by atoms with Gasteiger partial charge in [-0.05, 0) is 41.0 Å². The molecule has 3 aromatic rings. The highest BCUT2D eigenvalue weighted by atomic mass is 35.5. The number of carbonyl (C=O) groups excluding carboxylic acids is 1. The maximum Gasteiger partial charge on any atom is 0.341 e. The summed E-state index contributed by atoms with van der Waals surface area (Å²) in [6, 6.07) is 23.8. The Kier molecular flexibility index (Phi) is 8.00. The van der Waals surface area contributed by atoms with Gasteiger partial charge in [0.25, 0.3) is 0 Å². The molecule has 4 rings (SSSR count). The molecule has 0 N–H and O–H groups in total. The van der Waals surface area contributed by atoms with E-state index in [1.54, 1.807) is 6.07 Å². The van der Waals surface area contributed by atoms with Gasteiger partial charge in [0.2, 0.25) is 0 Å². The van der Waals surface area contributed by atoms with Crippen LogP contribution in [-0.2, 0) is 11.3 Å². The largest absolute Gasteiger partial charge is 0.491 e. The molecule has 0 radical (unpaired) electrons. The molecule has 33 heavy (non-hydrogen) atoms. The molecule has 6 heteroatoms. The highest BCUT2D eigenvalue weighted by Gasteiger charge is 2.19. The molecule has 3 aromatic carbocycles. The van der Waals surface area contributed by atoms with Gasteiger partial charge in [0.05, 0.1) is 7.11 Å². The van der Waals surface area contributed by atoms with Gasteiger partial charge in [-0.1, -0.05) is 60.1 Å². The molecule has 0 spiro atoms. The molecule has 1 aliphatic heterocycles. The van der Waals surface area contributed by atoms with Crippen LogP contribution >= 0.6 is 11.6 Å². The lowest BCUT2D eigenvalue weighted by molar-refractivity contribution is 0.0594. The van der Waals surface area contributed by atoms with Crippen LogP contribution in [0.4, 0.5) is 0 Å². The van der Waals surface area contributed by atoms with E-state index in [0.717, 1.165) is 44.3 Å². The third-order valence-corrected chi connectivity index (χ3v) is 6.24. The van der Waals surface area contributed by atoms with Crippen LogP contribution in [0.1, 0.15) is 15.9 Å². The number of ether oxygens (including phenoxy) is 2. The van der Waals surface area contributed by atoms with Crippen molar-refractivity contribution in [1.82, 2.24) is 9.80 Å². The maximum absolute atomic E-state index is 11.9. The smallest absolute Gasteiger partial charge is 0.341 e. The summed E-state index contributed by atoms with van der Waals surface area (Å²) in [5, 5.41) is 0.755. The Morgan fingerprint density at radius 1 is 0.879 bits per heavy atom. The summed E-state index contributed by atoms with van der Waals surface area (Å²) in [7, 11) is 1.38. The Hall–Kier alpha value is -2.86. The molecule has 1 saturated heterocycles. The second-order valence-corrected chi connectivity index (χ2v) is 8.55. The number of benzene rings is 3. The van der Waals surface area contributed by atoms with Crippen molar-refractivity contribution in [3.63, 3.8) is 0 Å². The molecule has 0 aliphatic carbocycles. The van der Waals surface area contributed by atoms with Gasteiger partial charge in [0.15, 0.2) is 0 Å². The third-order valence-electron chi connectivity index (χ3n) is 5.99. The summed E-state index contributed by atoms with van der Waals surface area (Å²) < 4.78 is 10.7. The molecular weight excluding hydrogens is 436 g/mol. The van der Waals surface area contributed by atoms with Crippen LogP contribution < -0.4 is 4.74 Å². The van der Waals surface area contributed by atoms with Gasteiger partial charge in [0.1, 0.15) is 17.9 Å². The average molecular weight is 465 g/mol. The highest BCUT2D eigenvalue weighted by Crippen LogP contribution is 2.26. The number of para-hydroxylation sites is 1. The molecule has 1 fully saturated rings. The average Bonchev–Trinajstić information content (AvgIpc) is 2.86. The van der Waals surface area contributed by atoms with E-state index in [1.165, 1.54) is 23.8 Å². The van der Waals surface area contributed by atoms with E-state index in [9.17, 15) is 4.79 Å². The van der Waals surface area contributed by atoms with E-state index < -0.39 is 0 Å². The number of nitrogens with zero attached hydrogens (tertiary/aromatic N) is 2.